The van der Waals surface area contributed by atoms with Gasteiger partial charge in [0.2, 0.25) is 0 Å². The molecule has 0 aromatic heterocycles. The number of nitrogens with one attached hydrogen (secondary N) is 1. The molecule has 0 amide bonds. The lowest BCUT2D eigenvalue weighted by Gasteiger charge is -2.18. The number of rotatable bonds is 6. The van der Waals surface area contributed by atoms with Crippen LogP contribution in [0.1, 0.15) is 23.0 Å². The number of aromatic hydroxyl groups is 1. The van der Waals surface area contributed by atoms with Gasteiger partial charge in [0.05, 0.1) is 25.3 Å². The molecule has 4 N–H and O–H groups in total. The molecule has 124 valence electrons. The largest absolute Gasteiger partial charge is 0.507 e. The maximum absolute atomic E-state index is 9.79. The van der Waals surface area contributed by atoms with E-state index in [1.165, 1.54) is 6.07 Å². The van der Waals surface area contributed by atoms with Gasteiger partial charge in [0.15, 0.2) is 6.29 Å². The zero-order valence-corrected chi connectivity index (χ0v) is 13.3. The van der Waals surface area contributed by atoms with E-state index in [9.17, 15) is 15.3 Å². The van der Waals surface area contributed by atoms with Crippen molar-refractivity contribution < 1.29 is 24.8 Å². The maximum Gasteiger partial charge on any atom is 0.184 e. The van der Waals surface area contributed by atoms with Crippen molar-refractivity contribution in [2.24, 2.45) is 0 Å². The molecule has 0 aliphatic heterocycles. The number of hydrogen-bond acceptors (Lipinski definition) is 6. The van der Waals surface area contributed by atoms with Gasteiger partial charge in [0.1, 0.15) is 17.2 Å². The van der Waals surface area contributed by atoms with E-state index in [1.54, 1.807) is 26.4 Å². The Balaban J connectivity index is 2.34. The number of anilines is 1. The molecule has 0 spiro atoms. The number of aryl methyl sites for hydroxylation is 1. The number of phenols is 1. The molecule has 0 atom stereocenters. The van der Waals surface area contributed by atoms with E-state index >= 15 is 0 Å². The average Bonchev–Trinajstić information content (AvgIpc) is 2.52. The highest BCUT2D eigenvalue weighted by Gasteiger charge is 2.16. The van der Waals surface area contributed by atoms with Gasteiger partial charge in [-0.25, -0.2) is 0 Å². The lowest BCUT2D eigenvalue weighted by Crippen LogP contribution is -2.08. The number of phenolic OH excluding ortho intramolecular Hbond substituents is 1. The normalized spacial score (nSPS) is 10.7. The van der Waals surface area contributed by atoms with Crippen LogP contribution in [0.15, 0.2) is 30.3 Å². The predicted molar refractivity (Wildman–Crippen MR) is 86.9 cm³/mol. The Hall–Kier alpha value is -2.44. The third-order valence-corrected chi connectivity index (χ3v) is 3.55. The van der Waals surface area contributed by atoms with Gasteiger partial charge in [-0.1, -0.05) is 6.07 Å². The standard InChI is InChI=1S/C17H21NO5/c1-10-7-14(22-2)11(15(8-10)23-3)9-18-12-5-4-6-13(19)16(12)17(20)21/h4-8,17-21H,9H2,1-3H3. The zero-order valence-electron chi connectivity index (χ0n) is 13.3. The van der Waals surface area contributed by atoms with E-state index in [2.05, 4.69) is 5.32 Å². The van der Waals surface area contributed by atoms with Crippen LogP contribution in [-0.2, 0) is 6.54 Å². The summed E-state index contributed by atoms with van der Waals surface area (Å²) < 4.78 is 10.8. The Bertz CT molecular complexity index is 660. The minimum absolute atomic E-state index is 0.0255. The second kappa shape index (κ2) is 7.21. The first-order valence-electron chi connectivity index (χ1n) is 7.11. The summed E-state index contributed by atoms with van der Waals surface area (Å²) >= 11 is 0. The summed E-state index contributed by atoms with van der Waals surface area (Å²) in [4.78, 5) is 0. The summed E-state index contributed by atoms with van der Waals surface area (Å²) in [7, 11) is 3.16. The first kappa shape index (κ1) is 16.9. The Morgan fingerprint density at radius 3 is 2.22 bits per heavy atom. The molecule has 0 heterocycles. The monoisotopic (exact) mass is 319 g/mol. The van der Waals surface area contributed by atoms with Crippen molar-refractivity contribution in [3.8, 4) is 17.2 Å². The van der Waals surface area contributed by atoms with Crippen molar-refractivity contribution in [1.82, 2.24) is 0 Å². The maximum atomic E-state index is 9.79. The topological polar surface area (TPSA) is 91.2 Å². The van der Waals surface area contributed by atoms with Gasteiger partial charge in [-0.3, -0.25) is 0 Å². The van der Waals surface area contributed by atoms with E-state index in [0.29, 0.717) is 23.7 Å². The number of methoxy groups -OCH3 is 2. The molecule has 0 aliphatic carbocycles. The van der Waals surface area contributed by atoms with Crippen molar-refractivity contribution in [3.63, 3.8) is 0 Å². The van der Waals surface area contributed by atoms with E-state index < -0.39 is 6.29 Å². The molecule has 0 unspecified atom stereocenters. The molecule has 2 aromatic carbocycles. The molecule has 6 heteroatoms. The second-order valence-electron chi connectivity index (χ2n) is 5.11. The summed E-state index contributed by atoms with van der Waals surface area (Å²) in [6.07, 6.45) is -1.78. The lowest BCUT2D eigenvalue weighted by atomic mass is 10.1. The summed E-state index contributed by atoms with van der Waals surface area (Å²) in [5.41, 5.74) is 2.25. The number of aliphatic hydroxyl groups excluding tert-OH is 1. The Labute approximate surface area is 134 Å². The lowest BCUT2D eigenvalue weighted by molar-refractivity contribution is -0.0433. The zero-order chi connectivity index (χ0) is 17.0. The molecule has 0 bridgehead atoms. The molecule has 0 aliphatic rings. The van der Waals surface area contributed by atoms with Crippen molar-refractivity contribution in [2.75, 3.05) is 19.5 Å². The van der Waals surface area contributed by atoms with E-state index in [4.69, 9.17) is 9.47 Å². The van der Waals surface area contributed by atoms with Crippen molar-refractivity contribution in [2.45, 2.75) is 19.8 Å². The van der Waals surface area contributed by atoms with Crippen LogP contribution in [0.25, 0.3) is 0 Å². The third-order valence-electron chi connectivity index (χ3n) is 3.55. The van der Waals surface area contributed by atoms with Gasteiger partial charge < -0.3 is 30.1 Å². The van der Waals surface area contributed by atoms with Gasteiger partial charge in [0, 0.05) is 12.2 Å². The van der Waals surface area contributed by atoms with Crippen LogP contribution in [0.4, 0.5) is 5.69 Å². The summed E-state index contributed by atoms with van der Waals surface area (Å²) in [5.74, 6) is 1.15. The number of ether oxygens (including phenoxy) is 2. The first-order valence-corrected chi connectivity index (χ1v) is 7.11. The third kappa shape index (κ3) is 3.67. The number of aliphatic hydroxyl groups is 2. The minimum Gasteiger partial charge on any atom is -0.507 e. The molecule has 0 saturated heterocycles. The number of benzene rings is 2. The summed E-state index contributed by atoms with van der Waals surface area (Å²) in [6, 6.07) is 8.45. The molecule has 0 fully saturated rings. The van der Waals surface area contributed by atoms with Gasteiger partial charge in [-0.15, -0.1) is 0 Å². The fourth-order valence-corrected chi connectivity index (χ4v) is 2.45. The van der Waals surface area contributed by atoms with Gasteiger partial charge in [-0.05, 0) is 36.8 Å². The first-order chi connectivity index (χ1) is 11.0. The molecule has 0 radical (unpaired) electrons. The second-order valence-corrected chi connectivity index (χ2v) is 5.11. The predicted octanol–water partition coefficient (Wildman–Crippen LogP) is 2.31. The molecule has 2 aromatic rings. The molecule has 23 heavy (non-hydrogen) atoms. The van der Waals surface area contributed by atoms with Crippen molar-refractivity contribution in [1.29, 1.82) is 0 Å². The van der Waals surface area contributed by atoms with E-state index in [-0.39, 0.29) is 11.3 Å². The highest BCUT2D eigenvalue weighted by molar-refractivity contribution is 5.59. The summed E-state index contributed by atoms with van der Waals surface area (Å²) in [5, 5.41) is 31.7. The minimum atomic E-state index is -1.78. The summed E-state index contributed by atoms with van der Waals surface area (Å²) in [6.45, 7) is 2.27. The van der Waals surface area contributed by atoms with Gasteiger partial charge in [-0.2, -0.15) is 0 Å². The van der Waals surface area contributed by atoms with Crippen LogP contribution in [0.5, 0.6) is 17.2 Å². The van der Waals surface area contributed by atoms with Gasteiger partial charge >= 0.3 is 0 Å². The molecule has 0 saturated carbocycles. The molecular formula is C17H21NO5. The average molecular weight is 319 g/mol. The van der Waals surface area contributed by atoms with E-state index in [1.807, 2.05) is 19.1 Å². The smallest absolute Gasteiger partial charge is 0.184 e. The number of hydrogen-bond donors (Lipinski definition) is 4. The highest BCUT2D eigenvalue weighted by atomic mass is 16.5. The van der Waals surface area contributed by atoms with Gasteiger partial charge in [0.25, 0.3) is 0 Å². The van der Waals surface area contributed by atoms with Crippen molar-refractivity contribution >= 4 is 5.69 Å². The van der Waals surface area contributed by atoms with Crippen LogP contribution in [0, 0.1) is 6.92 Å². The molecule has 6 nitrogen and oxygen atoms in total. The van der Waals surface area contributed by atoms with Crippen LogP contribution >= 0.6 is 0 Å². The van der Waals surface area contributed by atoms with Crippen LogP contribution < -0.4 is 14.8 Å². The molecular weight excluding hydrogens is 298 g/mol. The fourth-order valence-electron chi connectivity index (χ4n) is 2.45. The fraction of sp³-hybridized carbons (Fsp3) is 0.294. The quantitative estimate of drug-likeness (QED) is 0.611. The van der Waals surface area contributed by atoms with E-state index in [0.717, 1.165) is 11.1 Å². The highest BCUT2D eigenvalue weighted by Crippen LogP contribution is 2.34. The Morgan fingerprint density at radius 1 is 1.09 bits per heavy atom. The molecule has 2 rings (SSSR count). The SMILES string of the molecule is COc1cc(C)cc(OC)c1CNc1cccc(O)c1C(O)O. The van der Waals surface area contributed by atoms with Crippen LogP contribution in [-0.4, -0.2) is 29.5 Å². The van der Waals surface area contributed by atoms with Crippen LogP contribution in [0.2, 0.25) is 0 Å². The van der Waals surface area contributed by atoms with Crippen LogP contribution in [0.3, 0.4) is 0 Å². The van der Waals surface area contributed by atoms with Crippen molar-refractivity contribution in [3.05, 3.63) is 47.0 Å². The Morgan fingerprint density at radius 2 is 1.70 bits per heavy atom. The Kier molecular flexibility index (Phi) is 5.31.